The molecule has 0 aromatic heterocycles. The number of halogens is 1. The number of carbonyl (C=O) groups is 3. The van der Waals surface area contributed by atoms with Gasteiger partial charge in [0.1, 0.15) is 11.5 Å². The molecule has 8 heteroatoms. The van der Waals surface area contributed by atoms with Crippen molar-refractivity contribution in [2.75, 3.05) is 18.5 Å². The molecule has 0 atom stereocenters. The topological polar surface area (TPSA) is 107 Å². The van der Waals surface area contributed by atoms with E-state index in [9.17, 15) is 18.8 Å². The summed E-state index contributed by atoms with van der Waals surface area (Å²) < 4.78 is 13.5. The van der Waals surface area contributed by atoms with E-state index in [2.05, 4.69) is 5.32 Å². The highest BCUT2D eigenvalue weighted by Gasteiger charge is 2.30. The van der Waals surface area contributed by atoms with Crippen molar-refractivity contribution in [1.29, 1.82) is 0 Å². The Morgan fingerprint density at radius 1 is 1.33 bits per heavy atom. The number of anilines is 1. The average Bonchev–Trinajstić information content (AvgIpc) is 2.66. The molecule has 2 rings (SSSR count). The molecule has 3 N–H and O–H groups in total. The van der Waals surface area contributed by atoms with Gasteiger partial charge < -0.3 is 15.5 Å². The molecule has 1 heterocycles. The van der Waals surface area contributed by atoms with Crippen molar-refractivity contribution in [1.82, 2.24) is 4.90 Å². The van der Waals surface area contributed by atoms with Gasteiger partial charge >= 0.3 is 5.97 Å². The lowest BCUT2D eigenvalue weighted by Gasteiger charge is -2.13. The first kappa shape index (κ1) is 14.7. The third kappa shape index (κ3) is 2.90. The number of carboxylic acid groups (broad SMARTS) is 1. The molecule has 0 spiro atoms. The van der Waals surface area contributed by atoms with Crippen LogP contribution < -0.4 is 5.32 Å². The molecule has 0 saturated heterocycles. The zero-order valence-electron chi connectivity index (χ0n) is 10.7. The summed E-state index contributed by atoms with van der Waals surface area (Å²) >= 11 is 0. The van der Waals surface area contributed by atoms with E-state index in [0.29, 0.717) is 0 Å². The maximum absolute atomic E-state index is 13.5. The SMILES string of the molecule is O=C(O)c1ccc(NC2=CC(=O)N(CCO)C2=O)cc1F. The van der Waals surface area contributed by atoms with E-state index in [1.54, 1.807) is 0 Å². The highest BCUT2D eigenvalue weighted by molar-refractivity contribution is 6.17. The Kier molecular flexibility index (Phi) is 3.99. The van der Waals surface area contributed by atoms with Crippen LogP contribution in [0.4, 0.5) is 10.1 Å². The standard InChI is InChI=1S/C13H11FN2O5/c14-9-5-7(1-2-8(9)13(20)21)15-10-6-11(18)16(3-4-17)12(10)19/h1-2,5-6,15,17H,3-4H2,(H,20,21). The third-order valence-corrected chi connectivity index (χ3v) is 2.81. The predicted octanol–water partition coefficient (Wildman–Crippen LogP) is 0.181. The van der Waals surface area contributed by atoms with Gasteiger partial charge in [-0.15, -0.1) is 0 Å². The first-order valence-electron chi connectivity index (χ1n) is 5.92. The number of hydrogen-bond donors (Lipinski definition) is 3. The second-order valence-corrected chi connectivity index (χ2v) is 4.20. The van der Waals surface area contributed by atoms with Crippen LogP contribution in [0, 0.1) is 5.82 Å². The van der Waals surface area contributed by atoms with E-state index in [-0.39, 0.29) is 24.5 Å². The summed E-state index contributed by atoms with van der Waals surface area (Å²) in [4.78, 5) is 34.9. The minimum atomic E-state index is -1.40. The smallest absolute Gasteiger partial charge is 0.338 e. The minimum Gasteiger partial charge on any atom is -0.478 e. The Hall–Kier alpha value is -2.74. The Morgan fingerprint density at radius 3 is 2.62 bits per heavy atom. The summed E-state index contributed by atoms with van der Waals surface area (Å²) in [5.41, 5.74) is -0.433. The number of aromatic carboxylic acids is 1. The maximum Gasteiger partial charge on any atom is 0.338 e. The Labute approximate surface area is 118 Å². The molecule has 0 unspecified atom stereocenters. The van der Waals surface area contributed by atoms with E-state index >= 15 is 0 Å². The Balaban J connectivity index is 2.18. The van der Waals surface area contributed by atoms with Crippen LogP contribution in [0.25, 0.3) is 0 Å². The molecule has 2 amide bonds. The molecule has 7 nitrogen and oxygen atoms in total. The fourth-order valence-electron chi connectivity index (χ4n) is 1.83. The number of nitrogens with zero attached hydrogens (tertiary/aromatic N) is 1. The molecule has 1 aliphatic rings. The van der Waals surface area contributed by atoms with Crippen LogP contribution in [0.1, 0.15) is 10.4 Å². The van der Waals surface area contributed by atoms with Gasteiger partial charge in [-0.05, 0) is 18.2 Å². The quantitative estimate of drug-likeness (QED) is 0.669. The maximum atomic E-state index is 13.5. The molecule has 0 bridgehead atoms. The Bertz CT molecular complexity index is 656. The molecule has 0 fully saturated rings. The number of nitrogens with one attached hydrogen (secondary N) is 1. The second kappa shape index (κ2) is 5.71. The second-order valence-electron chi connectivity index (χ2n) is 4.20. The van der Waals surface area contributed by atoms with Gasteiger partial charge in [0.15, 0.2) is 0 Å². The van der Waals surface area contributed by atoms with Gasteiger partial charge in [-0.3, -0.25) is 14.5 Å². The number of imide groups is 1. The first-order valence-corrected chi connectivity index (χ1v) is 5.92. The fourth-order valence-corrected chi connectivity index (χ4v) is 1.83. The van der Waals surface area contributed by atoms with Gasteiger partial charge in [0, 0.05) is 11.8 Å². The summed E-state index contributed by atoms with van der Waals surface area (Å²) in [5, 5.41) is 20.0. The number of hydrogen-bond acceptors (Lipinski definition) is 5. The van der Waals surface area contributed by atoms with Crippen LogP contribution in [0.15, 0.2) is 30.0 Å². The van der Waals surface area contributed by atoms with Gasteiger partial charge in [-0.1, -0.05) is 0 Å². The summed E-state index contributed by atoms with van der Waals surface area (Å²) in [6, 6.07) is 3.24. The van der Waals surface area contributed by atoms with Gasteiger partial charge in [0.2, 0.25) is 0 Å². The number of carboxylic acids is 1. The predicted molar refractivity (Wildman–Crippen MR) is 68.9 cm³/mol. The van der Waals surface area contributed by atoms with Crippen molar-refractivity contribution in [3.8, 4) is 0 Å². The van der Waals surface area contributed by atoms with Crippen molar-refractivity contribution in [2.24, 2.45) is 0 Å². The largest absolute Gasteiger partial charge is 0.478 e. The van der Waals surface area contributed by atoms with Crippen molar-refractivity contribution in [2.45, 2.75) is 0 Å². The van der Waals surface area contributed by atoms with Gasteiger partial charge in [-0.2, -0.15) is 0 Å². The van der Waals surface area contributed by atoms with Crippen LogP contribution in [0.2, 0.25) is 0 Å². The molecule has 21 heavy (non-hydrogen) atoms. The molecule has 0 saturated carbocycles. The van der Waals surface area contributed by atoms with Crippen molar-refractivity contribution in [3.05, 3.63) is 41.4 Å². The van der Waals surface area contributed by atoms with Gasteiger partial charge in [-0.25, -0.2) is 9.18 Å². The van der Waals surface area contributed by atoms with E-state index in [0.717, 1.165) is 23.1 Å². The highest BCUT2D eigenvalue weighted by atomic mass is 19.1. The molecule has 110 valence electrons. The van der Waals surface area contributed by atoms with Crippen LogP contribution >= 0.6 is 0 Å². The number of aliphatic hydroxyl groups is 1. The molecule has 1 aliphatic heterocycles. The molecule has 0 radical (unpaired) electrons. The lowest BCUT2D eigenvalue weighted by molar-refractivity contribution is -0.137. The normalized spacial score (nSPS) is 14.4. The first-order chi connectivity index (χ1) is 9.93. The summed E-state index contributed by atoms with van der Waals surface area (Å²) in [6.45, 7) is -0.494. The minimum absolute atomic E-state index is 0.0732. The number of β-amino-alcohol motifs (C(OH)–C–C–N with tert-alkyl or cyclic N) is 1. The average molecular weight is 294 g/mol. The monoisotopic (exact) mass is 294 g/mol. The number of benzene rings is 1. The lowest BCUT2D eigenvalue weighted by atomic mass is 10.2. The van der Waals surface area contributed by atoms with E-state index in [1.807, 2.05) is 0 Å². The van der Waals surface area contributed by atoms with E-state index in [4.69, 9.17) is 10.2 Å². The van der Waals surface area contributed by atoms with Crippen LogP contribution in [-0.4, -0.2) is 46.0 Å². The van der Waals surface area contributed by atoms with Crippen LogP contribution in [-0.2, 0) is 9.59 Å². The van der Waals surface area contributed by atoms with Gasteiger partial charge in [0.25, 0.3) is 11.8 Å². The summed E-state index contributed by atoms with van der Waals surface area (Å²) in [6.07, 6.45) is 1.03. The molecule has 1 aromatic carbocycles. The Morgan fingerprint density at radius 2 is 2.05 bits per heavy atom. The zero-order chi connectivity index (χ0) is 15.6. The van der Waals surface area contributed by atoms with Gasteiger partial charge in [0.05, 0.1) is 18.7 Å². The fraction of sp³-hybridized carbons (Fsp3) is 0.154. The van der Waals surface area contributed by atoms with Crippen LogP contribution in [0.5, 0.6) is 0 Å². The third-order valence-electron chi connectivity index (χ3n) is 2.81. The number of aliphatic hydroxyl groups excluding tert-OH is 1. The molecule has 0 aliphatic carbocycles. The lowest BCUT2D eigenvalue weighted by Crippen LogP contribution is -2.34. The van der Waals surface area contributed by atoms with E-state index in [1.165, 1.54) is 6.07 Å². The highest BCUT2D eigenvalue weighted by Crippen LogP contribution is 2.19. The zero-order valence-corrected chi connectivity index (χ0v) is 10.7. The van der Waals surface area contributed by atoms with Crippen LogP contribution in [0.3, 0.4) is 0 Å². The summed E-state index contributed by atoms with van der Waals surface area (Å²) in [5.74, 6) is -3.59. The van der Waals surface area contributed by atoms with Crippen molar-refractivity contribution in [3.63, 3.8) is 0 Å². The number of carbonyl (C=O) groups excluding carboxylic acids is 2. The molecule has 1 aromatic rings. The van der Waals surface area contributed by atoms with Crippen molar-refractivity contribution < 1.29 is 29.0 Å². The summed E-state index contributed by atoms with van der Waals surface area (Å²) in [7, 11) is 0. The molecular formula is C13H11FN2O5. The number of amides is 2. The van der Waals surface area contributed by atoms with Crippen molar-refractivity contribution >= 4 is 23.5 Å². The van der Waals surface area contributed by atoms with E-state index < -0.39 is 29.2 Å². The number of rotatable bonds is 5. The molecular weight excluding hydrogens is 283 g/mol.